The maximum absolute atomic E-state index is 12.5. The first-order valence-corrected chi connectivity index (χ1v) is 6.96. The van der Waals surface area contributed by atoms with Gasteiger partial charge in [-0.3, -0.25) is 4.79 Å². The molecule has 1 aliphatic heterocycles. The molecule has 3 rings (SSSR count). The third kappa shape index (κ3) is 2.41. The molecular formula is C15H15N3O4. The number of carboxylic acids is 1. The maximum Gasteiger partial charge on any atom is 0.326 e. The number of carboxylic acid groups (broad SMARTS) is 1. The zero-order valence-corrected chi connectivity index (χ0v) is 11.7. The van der Waals surface area contributed by atoms with Crippen molar-refractivity contribution in [3.8, 4) is 11.4 Å². The Morgan fingerprint density at radius 3 is 2.64 bits per heavy atom. The second-order valence-corrected chi connectivity index (χ2v) is 5.14. The zero-order chi connectivity index (χ0) is 15.7. The lowest BCUT2D eigenvalue weighted by Crippen LogP contribution is -2.40. The van der Waals surface area contributed by atoms with Crippen LogP contribution in [0.25, 0.3) is 5.69 Å². The van der Waals surface area contributed by atoms with E-state index < -0.39 is 17.9 Å². The number of amides is 1. The van der Waals surface area contributed by atoms with Gasteiger partial charge in [-0.15, -0.1) is 0 Å². The second-order valence-electron chi connectivity index (χ2n) is 5.14. The van der Waals surface area contributed by atoms with Gasteiger partial charge in [0.1, 0.15) is 6.04 Å². The van der Waals surface area contributed by atoms with Crippen LogP contribution in [0.4, 0.5) is 0 Å². The number of carbonyl (C=O) groups is 2. The molecule has 114 valence electrons. The fourth-order valence-electron chi connectivity index (χ4n) is 2.63. The minimum atomic E-state index is -1.03. The van der Waals surface area contributed by atoms with Gasteiger partial charge in [-0.2, -0.15) is 5.10 Å². The number of para-hydroxylation sites is 1. The van der Waals surface area contributed by atoms with Crippen molar-refractivity contribution in [3.63, 3.8) is 0 Å². The first-order chi connectivity index (χ1) is 10.6. The molecule has 0 bridgehead atoms. The fraction of sp³-hybridized carbons (Fsp3) is 0.267. The third-order valence-electron chi connectivity index (χ3n) is 3.72. The van der Waals surface area contributed by atoms with Crippen molar-refractivity contribution in [3.05, 3.63) is 42.2 Å². The lowest BCUT2D eigenvalue weighted by Gasteiger charge is -2.20. The topological polar surface area (TPSA) is 95.7 Å². The van der Waals surface area contributed by atoms with Crippen molar-refractivity contribution < 1.29 is 19.8 Å². The van der Waals surface area contributed by atoms with Gasteiger partial charge in [-0.25, -0.2) is 9.48 Å². The number of aromatic hydroxyl groups is 1. The number of likely N-dealkylation sites (tertiary alicyclic amines) is 1. The molecule has 2 aromatic rings. The summed E-state index contributed by atoms with van der Waals surface area (Å²) in [6, 6.07) is 8.20. The van der Waals surface area contributed by atoms with Gasteiger partial charge in [0.15, 0.2) is 11.4 Å². The van der Waals surface area contributed by atoms with Gasteiger partial charge in [-0.1, -0.05) is 18.2 Å². The SMILES string of the molecule is O=C(O)[C@H]1CCCN1C(=O)c1nn(-c2ccccc2)cc1O. The highest BCUT2D eigenvalue weighted by atomic mass is 16.4. The predicted octanol–water partition coefficient (Wildman–Crippen LogP) is 1.27. The largest absolute Gasteiger partial charge is 0.504 e. The molecule has 1 fully saturated rings. The first-order valence-electron chi connectivity index (χ1n) is 6.96. The highest BCUT2D eigenvalue weighted by Crippen LogP contribution is 2.24. The minimum absolute atomic E-state index is 0.128. The summed E-state index contributed by atoms with van der Waals surface area (Å²) in [5.41, 5.74) is 0.574. The lowest BCUT2D eigenvalue weighted by atomic mass is 10.2. The van der Waals surface area contributed by atoms with Crippen molar-refractivity contribution in [1.29, 1.82) is 0 Å². The molecule has 1 amide bonds. The van der Waals surface area contributed by atoms with Crippen LogP contribution >= 0.6 is 0 Å². The van der Waals surface area contributed by atoms with Gasteiger partial charge in [-0.05, 0) is 25.0 Å². The Hall–Kier alpha value is -2.83. The minimum Gasteiger partial charge on any atom is -0.504 e. The smallest absolute Gasteiger partial charge is 0.326 e. The van der Waals surface area contributed by atoms with E-state index in [1.165, 1.54) is 15.8 Å². The molecule has 1 aromatic heterocycles. The molecule has 2 N–H and O–H groups in total. The molecule has 1 saturated heterocycles. The number of carbonyl (C=O) groups excluding carboxylic acids is 1. The summed E-state index contributed by atoms with van der Waals surface area (Å²) in [5.74, 6) is -1.85. The molecule has 0 radical (unpaired) electrons. The Labute approximate surface area is 126 Å². The highest BCUT2D eigenvalue weighted by molar-refractivity contribution is 5.97. The molecule has 1 aliphatic rings. The van der Waals surface area contributed by atoms with E-state index in [2.05, 4.69) is 5.10 Å². The summed E-state index contributed by atoms with van der Waals surface area (Å²) < 4.78 is 1.40. The Bertz CT molecular complexity index is 711. The van der Waals surface area contributed by atoms with Crippen molar-refractivity contribution in [2.45, 2.75) is 18.9 Å². The van der Waals surface area contributed by atoms with E-state index in [0.29, 0.717) is 25.1 Å². The number of benzene rings is 1. The van der Waals surface area contributed by atoms with Gasteiger partial charge < -0.3 is 15.1 Å². The third-order valence-corrected chi connectivity index (χ3v) is 3.72. The average Bonchev–Trinajstić information content (AvgIpc) is 3.14. The number of hydrogen-bond acceptors (Lipinski definition) is 4. The Balaban J connectivity index is 1.91. The number of aliphatic carboxylic acids is 1. The van der Waals surface area contributed by atoms with E-state index in [-0.39, 0.29) is 11.4 Å². The molecule has 1 aromatic carbocycles. The predicted molar refractivity (Wildman–Crippen MR) is 76.9 cm³/mol. The molecular weight excluding hydrogens is 286 g/mol. The molecule has 7 heteroatoms. The van der Waals surface area contributed by atoms with E-state index in [1.807, 2.05) is 18.2 Å². The van der Waals surface area contributed by atoms with Crippen molar-refractivity contribution >= 4 is 11.9 Å². The summed E-state index contributed by atoms with van der Waals surface area (Å²) in [7, 11) is 0. The van der Waals surface area contributed by atoms with Crippen LogP contribution in [0, 0.1) is 0 Å². The lowest BCUT2D eigenvalue weighted by molar-refractivity contribution is -0.141. The van der Waals surface area contributed by atoms with Crippen LogP contribution in [0.15, 0.2) is 36.5 Å². The highest BCUT2D eigenvalue weighted by Gasteiger charge is 2.36. The van der Waals surface area contributed by atoms with Crippen molar-refractivity contribution in [1.82, 2.24) is 14.7 Å². The molecule has 0 unspecified atom stereocenters. The number of aromatic nitrogens is 2. The van der Waals surface area contributed by atoms with Gasteiger partial charge in [0.25, 0.3) is 5.91 Å². The number of nitrogens with zero attached hydrogens (tertiary/aromatic N) is 3. The van der Waals surface area contributed by atoms with E-state index >= 15 is 0 Å². The quantitative estimate of drug-likeness (QED) is 0.890. The summed E-state index contributed by atoms with van der Waals surface area (Å²) in [6.07, 6.45) is 2.39. The molecule has 0 aliphatic carbocycles. The fourth-order valence-corrected chi connectivity index (χ4v) is 2.63. The molecule has 7 nitrogen and oxygen atoms in total. The van der Waals surface area contributed by atoms with E-state index in [1.54, 1.807) is 12.1 Å². The van der Waals surface area contributed by atoms with Crippen molar-refractivity contribution in [2.24, 2.45) is 0 Å². The summed E-state index contributed by atoms with van der Waals surface area (Å²) in [6.45, 7) is 0.355. The van der Waals surface area contributed by atoms with Crippen LogP contribution < -0.4 is 0 Å². The van der Waals surface area contributed by atoms with Gasteiger partial charge in [0.2, 0.25) is 0 Å². The van der Waals surface area contributed by atoms with Crippen LogP contribution in [0.5, 0.6) is 5.75 Å². The van der Waals surface area contributed by atoms with Crippen LogP contribution in [0.3, 0.4) is 0 Å². The normalized spacial score (nSPS) is 17.6. The molecule has 0 spiro atoms. The van der Waals surface area contributed by atoms with Crippen LogP contribution in [0.1, 0.15) is 23.3 Å². The van der Waals surface area contributed by atoms with Gasteiger partial charge >= 0.3 is 5.97 Å². The standard InChI is InChI=1S/C15H15N3O4/c19-12-9-18(10-5-2-1-3-6-10)16-13(12)14(20)17-8-4-7-11(17)15(21)22/h1-3,5-6,9,11,19H,4,7-8H2,(H,21,22)/t11-/m1/s1. The maximum atomic E-state index is 12.5. The van der Waals surface area contributed by atoms with E-state index in [9.17, 15) is 14.7 Å². The second kappa shape index (κ2) is 5.51. The Morgan fingerprint density at radius 2 is 1.95 bits per heavy atom. The van der Waals surface area contributed by atoms with Gasteiger partial charge in [0, 0.05) is 6.54 Å². The monoisotopic (exact) mass is 301 g/mol. The molecule has 22 heavy (non-hydrogen) atoms. The molecule has 1 atom stereocenters. The molecule has 0 saturated carbocycles. The number of rotatable bonds is 3. The number of hydrogen-bond donors (Lipinski definition) is 2. The Morgan fingerprint density at radius 1 is 1.23 bits per heavy atom. The summed E-state index contributed by atoms with van der Waals surface area (Å²) in [4.78, 5) is 24.9. The molecule has 2 heterocycles. The van der Waals surface area contributed by atoms with Crippen molar-refractivity contribution in [2.75, 3.05) is 6.54 Å². The van der Waals surface area contributed by atoms with Gasteiger partial charge in [0.05, 0.1) is 11.9 Å². The van der Waals surface area contributed by atoms with Crippen LogP contribution in [0.2, 0.25) is 0 Å². The van der Waals surface area contributed by atoms with E-state index in [0.717, 1.165) is 0 Å². The zero-order valence-electron chi connectivity index (χ0n) is 11.7. The Kier molecular flexibility index (Phi) is 3.54. The summed E-state index contributed by atoms with van der Waals surface area (Å²) >= 11 is 0. The summed E-state index contributed by atoms with van der Waals surface area (Å²) in [5, 5.41) is 23.2. The van der Waals surface area contributed by atoms with Crippen LogP contribution in [-0.2, 0) is 4.79 Å². The first kappa shape index (κ1) is 14.1. The van der Waals surface area contributed by atoms with E-state index in [4.69, 9.17) is 5.11 Å². The van der Waals surface area contributed by atoms with Crippen LogP contribution in [-0.4, -0.2) is 49.4 Å². The average molecular weight is 301 g/mol.